The normalized spacial score (nSPS) is 10.6. The summed E-state index contributed by atoms with van der Waals surface area (Å²) in [6.45, 7) is 9.12. The standard InChI is InChI=1S/C10H19N3S/c1-4-13(5-2)10-12-8(3)9(14-10)6-7-11/h4-7,11H2,1-3H3. The van der Waals surface area contributed by atoms with Crippen LogP contribution in [0.2, 0.25) is 0 Å². The molecule has 0 saturated carbocycles. The summed E-state index contributed by atoms with van der Waals surface area (Å²) in [5.41, 5.74) is 6.69. The van der Waals surface area contributed by atoms with Gasteiger partial charge in [0.1, 0.15) is 0 Å². The minimum Gasteiger partial charge on any atom is -0.349 e. The number of hydrogen-bond acceptors (Lipinski definition) is 4. The smallest absolute Gasteiger partial charge is 0.185 e. The van der Waals surface area contributed by atoms with Crippen molar-refractivity contribution >= 4 is 16.5 Å². The summed E-state index contributed by atoms with van der Waals surface area (Å²) in [7, 11) is 0. The fourth-order valence-electron chi connectivity index (χ4n) is 1.41. The highest BCUT2D eigenvalue weighted by molar-refractivity contribution is 7.15. The minimum atomic E-state index is 0.709. The zero-order valence-corrected chi connectivity index (χ0v) is 10.0. The van der Waals surface area contributed by atoms with Gasteiger partial charge in [0.2, 0.25) is 0 Å². The van der Waals surface area contributed by atoms with Crippen molar-refractivity contribution in [2.45, 2.75) is 27.2 Å². The number of rotatable bonds is 5. The number of thiazole rings is 1. The molecule has 0 spiro atoms. The van der Waals surface area contributed by atoms with Gasteiger partial charge in [-0.15, -0.1) is 11.3 Å². The van der Waals surface area contributed by atoms with Crippen molar-refractivity contribution in [2.24, 2.45) is 5.73 Å². The minimum absolute atomic E-state index is 0.709. The topological polar surface area (TPSA) is 42.2 Å². The van der Waals surface area contributed by atoms with Crippen LogP contribution in [0.1, 0.15) is 24.4 Å². The van der Waals surface area contributed by atoms with Gasteiger partial charge in [-0.3, -0.25) is 0 Å². The predicted octanol–water partition coefficient (Wildman–Crippen LogP) is 1.80. The third-order valence-electron chi connectivity index (χ3n) is 2.29. The predicted molar refractivity (Wildman–Crippen MR) is 63.2 cm³/mol. The van der Waals surface area contributed by atoms with Crippen molar-refractivity contribution < 1.29 is 0 Å². The summed E-state index contributed by atoms with van der Waals surface area (Å²) < 4.78 is 0. The Balaban J connectivity index is 2.83. The van der Waals surface area contributed by atoms with E-state index >= 15 is 0 Å². The second-order valence-corrected chi connectivity index (χ2v) is 4.28. The van der Waals surface area contributed by atoms with E-state index in [0.717, 1.165) is 30.3 Å². The third-order valence-corrected chi connectivity index (χ3v) is 3.56. The van der Waals surface area contributed by atoms with Crippen LogP contribution in [0.25, 0.3) is 0 Å². The van der Waals surface area contributed by atoms with Crippen molar-refractivity contribution in [2.75, 3.05) is 24.5 Å². The molecule has 4 heteroatoms. The molecule has 0 atom stereocenters. The number of anilines is 1. The molecule has 1 heterocycles. The van der Waals surface area contributed by atoms with Gasteiger partial charge in [-0.2, -0.15) is 0 Å². The second-order valence-electron chi connectivity index (χ2n) is 3.22. The van der Waals surface area contributed by atoms with Crippen LogP contribution in [0.3, 0.4) is 0 Å². The molecule has 0 unspecified atom stereocenters. The van der Waals surface area contributed by atoms with Crippen LogP contribution in [0.5, 0.6) is 0 Å². The van der Waals surface area contributed by atoms with E-state index in [1.54, 1.807) is 11.3 Å². The molecule has 0 radical (unpaired) electrons. The molecular formula is C10H19N3S. The molecule has 3 nitrogen and oxygen atoms in total. The molecule has 0 bridgehead atoms. The van der Waals surface area contributed by atoms with Gasteiger partial charge in [-0.1, -0.05) is 0 Å². The summed E-state index contributed by atoms with van der Waals surface area (Å²) in [4.78, 5) is 8.16. The fraction of sp³-hybridized carbons (Fsp3) is 0.700. The van der Waals surface area contributed by atoms with Crippen molar-refractivity contribution in [3.05, 3.63) is 10.6 Å². The lowest BCUT2D eigenvalue weighted by atomic mass is 10.3. The first-order valence-electron chi connectivity index (χ1n) is 5.14. The van der Waals surface area contributed by atoms with Gasteiger partial charge in [0.15, 0.2) is 5.13 Å². The highest BCUT2D eigenvalue weighted by atomic mass is 32.1. The first-order valence-corrected chi connectivity index (χ1v) is 5.95. The van der Waals surface area contributed by atoms with Crippen molar-refractivity contribution in [3.8, 4) is 0 Å². The van der Waals surface area contributed by atoms with Gasteiger partial charge in [0.25, 0.3) is 0 Å². The van der Waals surface area contributed by atoms with Gasteiger partial charge >= 0.3 is 0 Å². The number of nitrogens with two attached hydrogens (primary N) is 1. The van der Waals surface area contributed by atoms with Gasteiger partial charge in [0, 0.05) is 18.0 Å². The van der Waals surface area contributed by atoms with Crippen LogP contribution in [0.15, 0.2) is 0 Å². The molecule has 0 aliphatic carbocycles. The van der Waals surface area contributed by atoms with E-state index in [1.807, 2.05) is 0 Å². The number of nitrogens with zero attached hydrogens (tertiary/aromatic N) is 2. The first-order chi connectivity index (χ1) is 6.72. The van der Waals surface area contributed by atoms with E-state index in [9.17, 15) is 0 Å². The number of aryl methyl sites for hydroxylation is 1. The van der Waals surface area contributed by atoms with E-state index in [1.165, 1.54) is 4.88 Å². The van der Waals surface area contributed by atoms with E-state index in [4.69, 9.17) is 5.73 Å². The summed E-state index contributed by atoms with van der Waals surface area (Å²) >= 11 is 1.78. The molecular weight excluding hydrogens is 194 g/mol. The van der Waals surface area contributed by atoms with Crippen LogP contribution in [-0.4, -0.2) is 24.6 Å². The largest absolute Gasteiger partial charge is 0.349 e. The SMILES string of the molecule is CCN(CC)c1nc(C)c(CCN)s1. The van der Waals surface area contributed by atoms with Gasteiger partial charge < -0.3 is 10.6 Å². The van der Waals surface area contributed by atoms with E-state index < -0.39 is 0 Å². The Morgan fingerprint density at radius 3 is 2.50 bits per heavy atom. The Bertz CT molecular complexity index is 279. The highest BCUT2D eigenvalue weighted by Crippen LogP contribution is 2.25. The monoisotopic (exact) mass is 213 g/mol. The molecule has 0 aliphatic heterocycles. The molecule has 1 rings (SSSR count). The van der Waals surface area contributed by atoms with Crippen LogP contribution in [-0.2, 0) is 6.42 Å². The summed E-state index contributed by atoms with van der Waals surface area (Å²) in [5, 5.41) is 1.14. The molecule has 2 N–H and O–H groups in total. The molecule has 0 amide bonds. The molecule has 14 heavy (non-hydrogen) atoms. The Morgan fingerprint density at radius 1 is 1.36 bits per heavy atom. The fourth-order valence-corrected chi connectivity index (χ4v) is 2.61. The van der Waals surface area contributed by atoms with Gasteiger partial charge in [-0.05, 0) is 33.7 Å². The van der Waals surface area contributed by atoms with Crippen molar-refractivity contribution in [1.29, 1.82) is 0 Å². The Kier molecular flexibility index (Phi) is 4.35. The molecule has 0 aromatic carbocycles. The molecule has 1 aromatic heterocycles. The lowest BCUT2D eigenvalue weighted by molar-refractivity contribution is 0.856. The summed E-state index contributed by atoms with van der Waals surface area (Å²) in [5.74, 6) is 0. The van der Waals surface area contributed by atoms with E-state index in [0.29, 0.717) is 6.54 Å². The molecule has 0 fully saturated rings. The van der Waals surface area contributed by atoms with Crippen LogP contribution in [0, 0.1) is 6.92 Å². The Labute approximate surface area is 89.9 Å². The maximum atomic E-state index is 5.55. The van der Waals surface area contributed by atoms with Crippen LogP contribution >= 0.6 is 11.3 Å². The molecule has 0 aliphatic rings. The maximum absolute atomic E-state index is 5.55. The van der Waals surface area contributed by atoms with Crippen molar-refractivity contribution in [1.82, 2.24) is 4.98 Å². The third kappa shape index (κ3) is 2.45. The summed E-state index contributed by atoms with van der Waals surface area (Å²) in [6, 6.07) is 0. The van der Waals surface area contributed by atoms with Crippen molar-refractivity contribution in [3.63, 3.8) is 0 Å². The Morgan fingerprint density at radius 2 is 2.00 bits per heavy atom. The highest BCUT2D eigenvalue weighted by Gasteiger charge is 2.10. The first kappa shape index (κ1) is 11.5. The Hall–Kier alpha value is -0.610. The quantitative estimate of drug-likeness (QED) is 0.811. The second kappa shape index (κ2) is 5.32. The molecule has 1 aromatic rings. The summed E-state index contributed by atoms with van der Waals surface area (Å²) in [6.07, 6.45) is 0.949. The number of aromatic nitrogens is 1. The lowest BCUT2D eigenvalue weighted by Gasteiger charge is -2.16. The van der Waals surface area contributed by atoms with Crippen LogP contribution < -0.4 is 10.6 Å². The zero-order valence-electron chi connectivity index (χ0n) is 9.21. The average molecular weight is 213 g/mol. The van der Waals surface area contributed by atoms with Gasteiger partial charge in [-0.25, -0.2) is 4.98 Å². The zero-order chi connectivity index (χ0) is 10.6. The average Bonchev–Trinajstić information content (AvgIpc) is 2.51. The lowest BCUT2D eigenvalue weighted by Crippen LogP contribution is -2.21. The van der Waals surface area contributed by atoms with Gasteiger partial charge in [0.05, 0.1) is 5.69 Å². The molecule has 80 valence electrons. The van der Waals surface area contributed by atoms with E-state index in [-0.39, 0.29) is 0 Å². The molecule has 0 saturated heterocycles. The van der Waals surface area contributed by atoms with Crippen LogP contribution in [0.4, 0.5) is 5.13 Å². The maximum Gasteiger partial charge on any atom is 0.185 e. The van der Waals surface area contributed by atoms with E-state index in [2.05, 4.69) is 30.7 Å². The number of hydrogen-bond donors (Lipinski definition) is 1.